The van der Waals surface area contributed by atoms with E-state index in [1.165, 1.54) is 17.4 Å². The summed E-state index contributed by atoms with van der Waals surface area (Å²) in [6.45, 7) is 2.40. The van der Waals surface area contributed by atoms with Crippen molar-refractivity contribution in [3.8, 4) is 0 Å². The van der Waals surface area contributed by atoms with Gasteiger partial charge in [0.1, 0.15) is 5.60 Å². The van der Waals surface area contributed by atoms with E-state index in [1.807, 2.05) is 6.92 Å². The lowest BCUT2D eigenvalue weighted by Gasteiger charge is -2.46. The predicted molar refractivity (Wildman–Crippen MR) is 73.6 cm³/mol. The lowest BCUT2D eigenvalue weighted by atomic mass is 9.79. The van der Waals surface area contributed by atoms with Crippen LogP contribution in [0.5, 0.6) is 0 Å². The zero-order valence-corrected chi connectivity index (χ0v) is 12.5. The zero-order valence-electron chi connectivity index (χ0n) is 11.0. The second kappa shape index (κ2) is 4.88. The fraction of sp³-hybridized carbons (Fsp3) is 0.692. The molecule has 0 bridgehead atoms. The molecule has 3 heterocycles. The number of halogens is 3. The van der Waals surface area contributed by atoms with Crippen LogP contribution in [0.2, 0.25) is 4.34 Å². The van der Waals surface area contributed by atoms with Crippen molar-refractivity contribution in [2.75, 3.05) is 13.2 Å². The first-order valence-corrected chi connectivity index (χ1v) is 7.75. The molecule has 1 spiro atoms. The Morgan fingerprint density at radius 1 is 1.60 bits per heavy atom. The van der Waals surface area contributed by atoms with Gasteiger partial charge in [-0.2, -0.15) is 0 Å². The van der Waals surface area contributed by atoms with Crippen LogP contribution < -0.4 is 5.32 Å². The summed E-state index contributed by atoms with van der Waals surface area (Å²) < 4.78 is 32.7. The second-order valence-corrected chi connectivity index (χ2v) is 7.29. The largest absolute Gasteiger partial charge is 0.377 e. The minimum absolute atomic E-state index is 0.232. The minimum Gasteiger partial charge on any atom is -0.377 e. The van der Waals surface area contributed by atoms with Crippen LogP contribution in [0.3, 0.4) is 0 Å². The molecule has 0 aliphatic carbocycles. The van der Waals surface area contributed by atoms with Crippen LogP contribution in [0.25, 0.3) is 0 Å². The molecular weight excluding hydrogens is 308 g/mol. The molecule has 7 heteroatoms. The highest BCUT2D eigenvalue weighted by Gasteiger charge is 2.54. The summed E-state index contributed by atoms with van der Waals surface area (Å²) in [6, 6.07) is 1.69. The van der Waals surface area contributed by atoms with Gasteiger partial charge in [0.15, 0.2) is 5.60 Å². The summed E-state index contributed by atoms with van der Waals surface area (Å²) in [5, 5.41) is 13.6. The highest BCUT2D eigenvalue weighted by atomic mass is 35.5. The summed E-state index contributed by atoms with van der Waals surface area (Å²) in [5.74, 6) is 0. The average Bonchev–Trinajstić information content (AvgIpc) is 2.78. The number of hydrogen-bond acceptors (Lipinski definition) is 4. The molecular formula is C13H16ClF2NO2S. The van der Waals surface area contributed by atoms with Crippen molar-refractivity contribution in [2.45, 2.75) is 43.4 Å². The number of alkyl halides is 2. The Hall–Kier alpha value is -0.270. The third kappa shape index (κ3) is 2.09. The Morgan fingerprint density at radius 2 is 2.35 bits per heavy atom. The molecule has 3 atom stereocenters. The number of aliphatic hydroxyl groups is 1. The van der Waals surface area contributed by atoms with E-state index in [9.17, 15) is 13.9 Å². The number of piperidine rings is 1. The second-order valence-electron chi connectivity index (χ2n) is 5.61. The van der Waals surface area contributed by atoms with E-state index in [0.717, 1.165) is 6.54 Å². The van der Waals surface area contributed by atoms with Gasteiger partial charge in [0.2, 0.25) is 0 Å². The molecule has 112 valence electrons. The fourth-order valence-electron chi connectivity index (χ4n) is 3.12. The Kier molecular flexibility index (Phi) is 3.58. The van der Waals surface area contributed by atoms with Gasteiger partial charge in [0, 0.05) is 16.5 Å². The fourth-order valence-corrected chi connectivity index (χ4v) is 4.61. The van der Waals surface area contributed by atoms with E-state index in [2.05, 4.69) is 5.32 Å². The highest BCUT2D eigenvalue weighted by molar-refractivity contribution is 7.16. The maximum absolute atomic E-state index is 13.2. The van der Waals surface area contributed by atoms with Gasteiger partial charge in [0.25, 0.3) is 6.43 Å². The van der Waals surface area contributed by atoms with E-state index in [0.29, 0.717) is 22.1 Å². The first-order chi connectivity index (χ1) is 9.37. The summed E-state index contributed by atoms with van der Waals surface area (Å²) in [4.78, 5) is 0.657. The predicted octanol–water partition coefficient (Wildman–Crippen LogP) is 2.85. The standard InChI is InChI=1S/C13H16ClF2NO2S/c1-7-5-12(2-3-17-7)10-8(4-9(14)20-10)13(18,6-19-12)11(15)16/h4,7,11,17-18H,2-3,5-6H2,1H3. The molecule has 2 aliphatic rings. The Morgan fingerprint density at radius 3 is 3.00 bits per heavy atom. The van der Waals surface area contributed by atoms with E-state index in [-0.39, 0.29) is 11.6 Å². The summed E-state index contributed by atoms with van der Waals surface area (Å²) in [6.07, 6.45) is -1.51. The van der Waals surface area contributed by atoms with Crippen LogP contribution in [0.1, 0.15) is 30.2 Å². The van der Waals surface area contributed by atoms with Crippen LogP contribution in [-0.4, -0.2) is 30.7 Å². The number of rotatable bonds is 1. The van der Waals surface area contributed by atoms with Crippen molar-refractivity contribution in [1.82, 2.24) is 5.32 Å². The van der Waals surface area contributed by atoms with Crippen molar-refractivity contribution in [3.63, 3.8) is 0 Å². The monoisotopic (exact) mass is 323 g/mol. The SMILES string of the molecule is CC1CC2(CCN1)OCC(O)(C(F)F)c1cc(Cl)sc12. The number of fused-ring (bicyclic) bond motifs is 2. The summed E-state index contributed by atoms with van der Waals surface area (Å²) in [5.41, 5.74) is -2.61. The highest BCUT2D eigenvalue weighted by Crippen LogP contribution is 2.52. The molecule has 0 saturated carbocycles. The van der Waals surface area contributed by atoms with Crippen LogP contribution in [0.4, 0.5) is 8.78 Å². The molecule has 0 amide bonds. The van der Waals surface area contributed by atoms with Gasteiger partial charge >= 0.3 is 0 Å². The molecule has 1 saturated heterocycles. The molecule has 0 radical (unpaired) electrons. The minimum atomic E-state index is -2.90. The molecule has 20 heavy (non-hydrogen) atoms. The third-order valence-corrected chi connectivity index (χ3v) is 5.62. The van der Waals surface area contributed by atoms with Gasteiger partial charge in [-0.3, -0.25) is 0 Å². The molecule has 2 aliphatic heterocycles. The maximum Gasteiger partial charge on any atom is 0.273 e. The number of nitrogens with one attached hydrogen (secondary N) is 1. The lowest BCUT2D eigenvalue weighted by molar-refractivity contribution is -0.204. The van der Waals surface area contributed by atoms with E-state index >= 15 is 0 Å². The Bertz CT molecular complexity index is 526. The van der Waals surface area contributed by atoms with E-state index in [1.54, 1.807) is 0 Å². The van der Waals surface area contributed by atoms with E-state index in [4.69, 9.17) is 16.3 Å². The summed E-state index contributed by atoms with van der Waals surface area (Å²) >= 11 is 7.25. The Labute approximate surface area is 124 Å². The number of hydrogen-bond donors (Lipinski definition) is 2. The molecule has 0 aromatic carbocycles. The first kappa shape index (κ1) is 14.7. The quantitative estimate of drug-likeness (QED) is 0.835. The van der Waals surface area contributed by atoms with Gasteiger partial charge in [-0.25, -0.2) is 8.78 Å². The normalized spacial score (nSPS) is 37.4. The molecule has 3 nitrogen and oxygen atoms in total. The average molecular weight is 324 g/mol. The van der Waals surface area contributed by atoms with Crippen LogP contribution >= 0.6 is 22.9 Å². The number of thiophene rings is 1. The molecule has 2 N–H and O–H groups in total. The maximum atomic E-state index is 13.2. The van der Waals surface area contributed by atoms with Gasteiger partial charge in [-0.05, 0) is 32.4 Å². The third-order valence-electron chi connectivity index (χ3n) is 4.17. The van der Waals surface area contributed by atoms with Gasteiger partial charge in [-0.15, -0.1) is 11.3 Å². The van der Waals surface area contributed by atoms with Crippen LogP contribution in [0.15, 0.2) is 6.07 Å². The van der Waals surface area contributed by atoms with Gasteiger partial charge in [0.05, 0.1) is 10.9 Å². The van der Waals surface area contributed by atoms with E-state index < -0.39 is 24.2 Å². The Balaban J connectivity index is 2.09. The molecule has 1 aromatic rings. The van der Waals surface area contributed by atoms with Gasteiger partial charge < -0.3 is 15.2 Å². The topological polar surface area (TPSA) is 41.5 Å². The molecule has 1 fully saturated rings. The smallest absolute Gasteiger partial charge is 0.273 e. The van der Waals surface area contributed by atoms with Crippen molar-refractivity contribution < 1.29 is 18.6 Å². The van der Waals surface area contributed by atoms with Crippen LogP contribution in [-0.2, 0) is 15.9 Å². The van der Waals surface area contributed by atoms with Crippen molar-refractivity contribution in [1.29, 1.82) is 0 Å². The lowest BCUT2D eigenvalue weighted by Crippen LogP contribution is -2.54. The zero-order chi connectivity index (χ0) is 14.5. The van der Waals surface area contributed by atoms with Gasteiger partial charge in [-0.1, -0.05) is 11.6 Å². The molecule has 3 unspecified atom stereocenters. The van der Waals surface area contributed by atoms with Crippen molar-refractivity contribution in [2.24, 2.45) is 0 Å². The van der Waals surface area contributed by atoms with Crippen LogP contribution in [0, 0.1) is 0 Å². The van der Waals surface area contributed by atoms with Crippen molar-refractivity contribution in [3.05, 3.63) is 20.8 Å². The molecule has 1 aromatic heterocycles. The summed E-state index contributed by atoms with van der Waals surface area (Å²) in [7, 11) is 0. The first-order valence-electron chi connectivity index (χ1n) is 6.55. The number of ether oxygens (including phenoxy) is 1. The molecule has 3 rings (SSSR count). The van der Waals surface area contributed by atoms with Crippen molar-refractivity contribution >= 4 is 22.9 Å².